The fourth-order valence-electron chi connectivity index (χ4n) is 2.48. The molecule has 4 heteroatoms. The molecule has 1 saturated carbocycles. The zero-order valence-corrected chi connectivity index (χ0v) is 11.6. The maximum atomic E-state index is 5.08. The Kier molecular flexibility index (Phi) is 4.92. The normalized spacial score (nSPS) is 25.1. The third-order valence-electron chi connectivity index (χ3n) is 3.31. The van der Waals surface area contributed by atoms with Gasteiger partial charge in [0.2, 0.25) is 0 Å². The van der Waals surface area contributed by atoms with Crippen LogP contribution in [0.3, 0.4) is 0 Å². The summed E-state index contributed by atoms with van der Waals surface area (Å²) in [5, 5.41) is 8.45. The molecule has 0 aromatic carbocycles. The number of rotatable bonds is 5. The second kappa shape index (κ2) is 6.45. The quantitative estimate of drug-likeness (QED) is 0.876. The van der Waals surface area contributed by atoms with Crippen LogP contribution in [0.15, 0.2) is 10.6 Å². The zero-order chi connectivity index (χ0) is 12.1. The predicted molar refractivity (Wildman–Crippen MR) is 72.3 cm³/mol. The van der Waals surface area contributed by atoms with E-state index in [-0.39, 0.29) is 0 Å². The highest BCUT2D eigenvalue weighted by atomic mass is 32.2. The third kappa shape index (κ3) is 3.75. The van der Waals surface area contributed by atoms with E-state index in [1.165, 1.54) is 31.4 Å². The summed E-state index contributed by atoms with van der Waals surface area (Å²) < 4.78 is 5.08. The van der Waals surface area contributed by atoms with Gasteiger partial charge in [-0.1, -0.05) is 24.9 Å². The highest BCUT2D eigenvalue weighted by Gasteiger charge is 2.24. The lowest BCUT2D eigenvalue weighted by Gasteiger charge is -2.31. The van der Waals surface area contributed by atoms with Gasteiger partial charge in [-0.3, -0.25) is 0 Å². The largest absolute Gasteiger partial charge is 0.361 e. The average molecular weight is 254 g/mol. The van der Waals surface area contributed by atoms with E-state index in [2.05, 4.69) is 29.2 Å². The van der Waals surface area contributed by atoms with Gasteiger partial charge in [0, 0.05) is 23.9 Å². The lowest BCUT2D eigenvalue weighted by atomic mass is 9.95. The lowest BCUT2D eigenvalue weighted by molar-refractivity contribution is 0.364. The maximum absolute atomic E-state index is 5.08. The van der Waals surface area contributed by atoms with Crippen molar-refractivity contribution in [3.8, 4) is 0 Å². The van der Waals surface area contributed by atoms with Crippen LogP contribution in [0.2, 0.25) is 0 Å². The van der Waals surface area contributed by atoms with Gasteiger partial charge in [0.25, 0.3) is 0 Å². The van der Waals surface area contributed by atoms with Crippen LogP contribution in [0.4, 0.5) is 0 Å². The van der Waals surface area contributed by atoms with Crippen molar-refractivity contribution in [1.29, 1.82) is 0 Å². The highest BCUT2D eigenvalue weighted by molar-refractivity contribution is 7.99. The first-order chi connectivity index (χ1) is 8.29. The lowest BCUT2D eigenvalue weighted by Crippen LogP contribution is -2.40. The highest BCUT2D eigenvalue weighted by Crippen LogP contribution is 2.28. The van der Waals surface area contributed by atoms with Crippen LogP contribution in [0.1, 0.15) is 44.1 Å². The summed E-state index contributed by atoms with van der Waals surface area (Å²) in [5.74, 6) is 2.11. The molecular formula is C13H22N2OS. The second-order valence-corrected chi connectivity index (χ2v) is 6.21. The van der Waals surface area contributed by atoms with E-state index >= 15 is 0 Å². The first kappa shape index (κ1) is 13.0. The Morgan fingerprint density at radius 2 is 2.29 bits per heavy atom. The van der Waals surface area contributed by atoms with Crippen molar-refractivity contribution in [2.24, 2.45) is 0 Å². The number of nitrogens with one attached hydrogen (secondary N) is 1. The van der Waals surface area contributed by atoms with Crippen LogP contribution in [0.25, 0.3) is 0 Å². The molecule has 0 radical (unpaired) electrons. The molecule has 1 aliphatic rings. The summed E-state index contributed by atoms with van der Waals surface area (Å²) >= 11 is 2.09. The standard InChI is InChI=1S/C13H22N2OS/c1-3-17-13-7-5-4-6-12(13)14-9-11-8-10(2)16-15-11/h8,12-14H,3-7,9H2,1-2H3/t12-,13+/m1/s1. The van der Waals surface area contributed by atoms with Crippen molar-refractivity contribution in [2.45, 2.75) is 57.4 Å². The number of hydrogen-bond donors (Lipinski definition) is 1. The second-order valence-electron chi connectivity index (χ2n) is 4.69. The van der Waals surface area contributed by atoms with Gasteiger partial charge in [0.15, 0.2) is 0 Å². The molecule has 3 nitrogen and oxygen atoms in total. The third-order valence-corrected chi connectivity index (χ3v) is 4.63. The molecule has 17 heavy (non-hydrogen) atoms. The van der Waals surface area contributed by atoms with Gasteiger partial charge in [-0.25, -0.2) is 0 Å². The molecular weight excluding hydrogens is 232 g/mol. The van der Waals surface area contributed by atoms with Crippen molar-refractivity contribution >= 4 is 11.8 Å². The molecule has 1 N–H and O–H groups in total. The topological polar surface area (TPSA) is 38.1 Å². The van der Waals surface area contributed by atoms with E-state index in [0.717, 1.165) is 23.2 Å². The monoisotopic (exact) mass is 254 g/mol. The van der Waals surface area contributed by atoms with Crippen LogP contribution in [0.5, 0.6) is 0 Å². The van der Waals surface area contributed by atoms with Gasteiger partial charge in [0.1, 0.15) is 5.76 Å². The predicted octanol–water partition coefficient (Wildman–Crippen LogP) is 3.14. The van der Waals surface area contributed by atoms with E-state index < -0.39 is 0 Å². The van der Waals surface area contributed by atoms with Crippen LogP contribution in [-0.4, -0.2) is 22.2 Å². The molecule has 0 unspecified atom stereocenters. The summed E-state index contributed by atoms with van der Waals surface area (Å²) in [6.45, 7) is 5.02. The van der Waals surface area contributed by atoms with Gasteiger partial charge in [-0.15, -0.1) is 0 Å². The molecule has 0 bridgehead atoms. The van der Waals surface area contributed by atoms with E-state index in [1.807, 2.05) is 13.0 Å². The molecule has 0 aliphatic heterocycles. The Bertz CT molecular complexity index is 338. The minimum Gasteiger partial charge on any atom is -0.361 e. The minimum atomic E-state index is 0.644. The molecule has 0 saturated heterocycles. The van der Waals surface area contributed by atoms with Gasteiger partial charge >= 0.3 is 0 Å². The Labute approximate surface area is 108 Å². The summed E-state index contributed by atoms with van der Waals surface area (Å²) in [6.07, 6.45) is 5.40. The summed E-state index contributed by atoms with van der Waals surface area (Å²) in [5.41, 5.74) is 1.02. The summed E-state index contributed by atoms with van der Waals surface area (Å²) in [7, 11) is 0. The first-order valence-corrected chi connectivity index (χ1v) is 7.61. The first-order valence-electron chi connectivity index (χ1n) is 6.56. The van der Waals surface area contributed by atoms with Crippen molar-refractivity contribution in [3.05, 3.63) is 17.5 Å². The fraction of sp³-hybridized carbons (Fsp3) is 0.769. The van der Waals surface area contributed by atoms with E-state index in [0.29, 0.717) is 6.04 Å². The van der Waals surface area contributed by atoms with Gasteiger partial charge in [-0.05, 0) is 25.5 Å². The number of hydrogen-bond acceptors (Lipinski definition) is 4. The minimum absolute atomic E-state index is 0.644. The molecule has 1 heterocycles. The van der Waals surface area contributed by atoms with Crippen molar-refractivity contribution < 1.29 is 4.52 Å². The Balaban J connectivity index is 1.83. The van der Waals surface area contributed by atoms with Crippen molar-refractivity contribution in [1.82, 2.24) is 10.5 Å². The van der Waals surface area contributed by atoms with E-state index in [1.54, 1.807) is 0 Å². The number of nitrogens with zero attached hydrogens (tertiary/aromatic N) is 1. The van der Waals surface area contributed by atoms with Crippen molar-refractivity contribution in [3.63, 3.8) is 0 Å². The molecule has 1 aromatic rings. The summed E-state index contributed by atoms with van der Waals surface area (Å²) in [6, 6.07) is 2.66. The molecule has 2 atom stereocenters. The molecule has 96 valence electrons. The fourth-order valence-corrected chi connectivity index (χ4v) is 3.71. The Morgan fingerprint density at radius 1 is 1.47 bits per heavy atom. The Hall–Kier alpha value is -0.480. The van der Waals surface area contributed by atoms with Crippen LogP contribution < -0.4 is 5.32 Å². The zero-order valence-electron chi connectivity index (χ0n) is 10.7. The van der Waals surface area contributed by atoms with Crippen LogP contribution in [0, 0.1) is 6.92 Å². The van der Waals surface area contributed by atoms with Crippen LogP contribution >= 0.6 is 11.8 Å². The SMILES string of the molecule is CCS[C@H]1CCCC[C@H]1NCc1cc(C)on1. The maximum Gasteiger partial charge on any atom is 0.133 e. The van der Waals surface area contributed by atoms with E-state index in [9.17, 15) is 0 Å². The molecule has 1 aliphatic carbocycles. The molecule has 0 amide bonds. The van der Waals surface area contributed by atoms with Gasteiger partial charge in [0.05, 0.1) is 5.69 Å². The van der Waals surface area contributed by atoms with Crippen LogP contribution in [-0.2, 0) is 6.54 Å². The molecule has 1 aromatic heterocycles. The Morgan fingerprint density at radius 3 is 3.00 bits per heavy atom. The van der Waals surface area contributed by atoms with E-state index in [4.69, 9.17) is 4.52 Å². The summed E-state index contributed by atoms with van der Waals surface area (Å²) in [4.78, 5) is 0. The van der Waals surface area contributed by atoms with Gasteiger partial charge in [-0.2, -0.15) is 11.8 Å². The number of aryl methyl sites for hydroxylation is 1. The number of aromatic nitrogens is 1. The van der Waals surface area contributed by atoms with Crippen molar-refractivity contribution in [2.75, 3.05) is 5.75 Å². The van der Waals surface area contributed by atoms with Gasteiger partial charge < -0.3 is 9.84 Å². The average Bonchev–Trinajstić information content (AvgIpc) is 2.74. The molecule has 0 spiro atoms. The molecule has 2 rings (SSSR count). The molecule has 1 fully saturated rings. The number of thioether (sulfide) groups is 1. The smallest absolute Gasteiger partial charge is 0.133 e.